The lowest BCUT2D eigenvalue weighted by molar-refractivity contribution is 0.00847. The van der Waals surface area contributed by atoms with Crippen molar-refractivity contribution in [2.75, 3.05) is 40.5 Å². The van der Waals surface area contributed by atoms with E-state index in [4.69, 9.17) is 19.4 Å². The monoisotopic (exact) mass is 528 g/mol. The first kappa shape index (κ1) is 26.8. The fourth-order valence-electron chi connectivity index (χ4n) is 4.80. The maximum Gasteiger partial charge on any atom is 0.273 e. The van der Waals surface area contributed by atoms with Crippen molar-refractivity contribution < 1.29 is 14.3 Å². The standard InChI is InChI=1S/C30H36N6O3/c1-6-36-20(3)23(15-32-36)16-35(5)30(37)28-25-14-21(24-17-38-18-24)7-9-26(25)33-29(34-28)22-8-10-27(19(2)13-22)39-12-11-31-4/h7-10,13-15,24,31H,6,11-12,16-18H2,1-5H3. The largest absolute Gasteiger partial charge is 0.492 e. The molecule has 9 heteroatoms. The fraction of sp³-hybridized carbons (Fsp3) is 0.400. The van der Waals surface area contributed by atoms with Crippen molar-refractivity contribution >= 4 is 16.8 Å². The van der Waals surface area contributed by atoms with Gasteiger partial charge in [-0.3, -0.25) is 9.48 Å². The first-order valence-corrected chi connectivity index (χ1v) is 13.4. The van der Waals surface area contributed by atoms with Gasteiger partial charge in [-0.2, -0.15) is 5.10 Å². The highest BCUT2D eigenvalue weighted by Crippen LogP contribution is 2.31. The SMILES string of the molecule is CCn1ncc(CN(C)C(=O)c2nc(-c3ccc(OCCNC)c(C)c3)nc3ccc(C4COC4)cc23)c1C. The molecule has 1 saturated heterocycles. The van der Waals surface area contributed by atoms with E-state index in [1.165, 1.54) is 0 Å². The maximum atomic E-state index is 13.9. The molecule has 0 unspecified atom stereocenters. The Labute approximate surface area is 229 Å². The van der Waals surface area contributed by atoms with E-state index in [9.17, 15) is 4.79 Å². The second-order valence-electron chi connectivity index (χ2n) is 10.1. The molecule has 2 aromatic carbocycles. The average Bonchev–Trinajstić information content (AvgIpc) is 3.26. The summed E-state index contributed by atoms with van der Waals surface area (Å²) in [5, 5.41) is 8.28. The predicted octanol–water partition coefficient (Wildman–Crippen LogP) is 4.11. The van der Waals surface area contributed by atoms with Crippen LogP contribution in [0, 0.1) is 13.8 Å². The molecule has 2 aromatic heterocycles. The fourth-order valence-corrected chi connectivity index (χ4v) is 4.80. The van der Waals surface area contributed by atoms with Gasteiger partial charge in [0.05, 0.1) is 24.9 Å². The Balaban J connectivity index is 1.53. The highest BCUT2D eigenvalue weighted by atomic mass is 16.5. The van der Waals surface area contributed by atoms with Crippen molar-refractivity contribution in [2.45, 2.75) is 39.8 Å². The van der Waals surface area contributed by atoms with E-state index in [2.05, 4.69) is 29.5 Å². The number of rotatable bonds is 10. The van der Waals surface area contributed by atoms with E-state index in [-0.39, 0.29) is 5.91 Å². The van der Waals surface area contributed by atoms with Crippen molar-refractivity contribution in [1.82, 2.24) is 30.0 Å². The number of hydrogen-bond acceptors (Lipinski definition) is 7. The zero-order valence-corrected chi connectivity index (χ0v) is 23.3. The van der Waals surface area contributed by atoms with Gasteiger partial charge in [0.25, 0.3) is 5.91 Å². The van der Waals surface area contributed by atoms with Gasteiger partial charge in [-0.25, -0.2) is 9.97 Å². The van der Waals surface area contributed by atoms with Crippen LogP contribution in [-0.4, -0.2) is 71.0 Å². The summed E-state index contributed by atoms with van der Waals surface area (Å²) in [7, 11) is 3.71. The molecule has 0 radical (unpaired) electrons. The summed E-state index contributed by atoms with van der Waals surface area (Å²) >= 11 is 0. The molecular formula is C30H36N6O3. The Hall–Kier alpha value is -3.82. The summed E-state index contributed by atoms with van der Waals surface area (Å²) in [6, 6.07) is 12.0. The Morgan fingerprint density at radius 3 is 2.67 bits per heavy atom. The van der Waals surface area contributed by atoms with E-state index >= 15 is 0 Å². The number of aryl methyl sites for hydroxylation is 2. The molecule has 1 aliphatic heterocycles. The topological polar surface area (TPSA) is 94.4 Å². The molecule has 0 spiro atoms. The van der Waals surface area contributed by atoms with Gasteiger partial charge in [-0.1, -0.05) is 6.07 Å². The molecule has 5 rings (SSSR count). The van der Waals surface area contributed by atoms with Crippen molar-refractivity contribution in [3.63, 3.8) is 0 Å². The zero-order chi connectivity index (χ0) is 27.5. The van der Waals surface area contributed by atoms with Crippen LogP contribution in [0.2, 0.25) is 0 Å². The molecule has 3 heterocycles. The van der Waals surface area contributed by atoms with E-state index < -0.39 is 0 Å². The molecule has 0 aliphatic carbocycles. The van der Waals surface area contributed by atoms with Crippen LogP contribution in [0.15, 0.2) is 42.6 Å². The number of hydrogen-bond donors (Lipinski definition) is 1. The minimum Gasteiger partial charge on any atom is -0.492 e. The van der Waals surface area contributed by atoms with Crippen molar-refractivity contribution in [1.29, 1.82) is 0 Å². The number of aromatic nitrogens is 4. The number of ether oxygens (including phenoxy) is 2. The summed E-state index contributed by atoms with van der Waals surface area (Å²) in [5.41, 5.74) is 6.17. The lowest BCUT2D eigenvalue weighted by Gasteiger charge is -2.26. The lowest BCUT2D eigenvalue weighted by atomic mass is 9.95. The Morgan fingerprint density at radius 2 is 2.00 bits per heavy atom. The number of likely N-dealkylation sites (N-methyl/N-ethyl adjacent to an activating group) is 1. The average molecular weight is 529 g/mol. The number of nitrogens with one attached hydrogen (secondary N) is 1. The van der Waals surface area contributed by atoms with E-state index in [0.29, 0.717) is 43.8 Å². The molecular weight excluding hydrogens is 492 g/mol. The van der Waals surface area contributed by atoms with Crippen LogP contribution in [0.4, 0.5) is 0 Å². The van der Waals surface area contributed by atoms with E-state index in [1.54, 1.807) is 4.90 Å². The van der Waals surface area contributed by atoms with Gasteiger partial charge >= 0.3 is 0 Å². The van der Waals surface area contributed by atoms with Gasteiger partial charge in [0.2, 0.25) is 0 Å². The van der Waals surface area contributed by atoms with Crippen LogP contribution in [0.25, 0.3) is 22.3 Å². The molecule has 4 aromatic rings. The Morgan fingerprint density at radius 1 is 1.18 bits per heavy atom. The number of amides is 1. The summed E-state index contributed by atoms with van der Waals surface area (Å²) < 4.78 is 13.2. The Bertz CT molecular complexity index is 1490. The highest BCUT2D eigenvalue weighted by Gasteiger charge is 2.25. The molecule has 39 heavy (non-hydrogen) atoms. The number of carbonyl (C=O) groups excluding carboxylic acids is 1. The van der Waals surface area contributed by atoms with Gasteiger partial charge in [0.1, 0.15) is 18.1 Å². The van der Waals surface area contributed by atoms with E-state index in [1.807, 2.05) is 63.1 Å². The first-order chi connectivity index (χ1) is 18.9. The van der Waals surface area contributed by atoms with Crippen LogP contribution in [-0.2, 0) is 17.8 Å². The minimum absolute atomic E-state index is 0.155. The number of carbonyl (C=O) groups is 1. The second kappa shape index (κ2) is 11.5. The second-order valence-corrected chi connectivity index (χ2v) is 10.1. The molecule has 0 atom stereocenters. The van der Waals surface area contributed by atoms with Crippen LogP contribution < -0.4 is 10.1 Å². The molecule has 9 nitrogen and oxygen atoms in total. The first-order valence-electron chi connectivity index (χ1n) is 13.4. The summed E-state index contributed by atoms with van der Waals surface area (Å²) in [5.74, 6) is 1.51. The minimum atomic E-state index is -0.155. The van der Waals surface area contributed by atoms with Crippen LogP contribution >= 0.6 is 0 Å². The maximum absolute atomic E-state index is 13.9. The van der Waals surface area contributed by atoms with Gasteiger partial charge in [0, 0.05) is 54.8 Å². The molecule has 204 valence electrons. The van der Waals surface area contributed by atoms with Crippen LogP contribution in [0.5, 0.6) is 5.75 Å². The van der Waals surface area contributed by atoms with Crippen molar-refractivity contribution in [3.8, 4) is 17.1 Å². The highest BCUT2D eigenvalue weighted by molar-refractivity contribution is 6.05. The molecule has 1 fully saturated rings. The third-order valence-electron chi connectivity index (χ3n) is 7.33. The van der Waals surface area contributed by atoms with Gasteiger partial charge in [-0.15, -0.1) is 0 Å². The Kier molecular flexibility index (Phi) is 7.90. The quantitative estimate of drug-likeness (QED) is 0.310. The van der Waals surface area contributed by atoms with Crippen LogP contribution in [0.3, 0.4) is 0 Å². The number of nitrogens with zero attached hydrogens (tertiary/aromatic N) is 5. The molecule has 1 aliphatic rings. The summed E-state index contributed by atoms with van der Waals surface area (Å²) in [4.78, 5) is 25.4. The molecule has 1 N–H and O–H groups in total. The lowest BCUT2D eigenvalue weighted by Crippen LogP contribution is -2.28. The smallest absolute Gasteiger partial charge is 0.273 e. The third kappa shape index (κ3) is 5.51. The molecule has 0 saturated carbocycles. The molecule has 1 amide bonds. The molecule has 0 bridgehead atoms. The summed E-state index contributed by atoms with van der Waals surface area (Å²) in [6.07, 6.45) is 1.84. The number of benzene rings is 2. The van der Waals surface area contributed by atoms with Gasteiger partial charge < -0.3 is 19.7 Å². The number of fused-ring (bicyclic) bond motifs is 1. The normalized spacial score (nSPS) is 13.5. The van der Waals surface area contributed by atoms with Gasteiger partial charge in [0.15, 0.2) is 5.82 Å². The predicted molar refractivity (Wildman–Crippen MR) is 151 cm³/mol. The van der Waals surface area contributed by atoms with E-state index in [0.717, 1.165) is 57.7 Å². The third-order valence-corrected chi connectivity index (χ3v) is 7.33. The van der Waals surface area contributed by atoms with Gasteiger partial charge in [-0.05, 0) is 69.3 Å². The van der Waals surface area contributed by atoms with Crippen molar-refractivity contribution in [3.05, 3.63) is 70.7 Å². The van der Waals surface area contributed by atoms with Crippen LogP contribution in [0.1, 0.15) is 45.7 Å². The summed E-state index contributed by atoms with van der Waals surface area (Å²) in [6.45, 7) is 10.1. The van der Waals surface area contributed by atoms with Crippen molar-refractivity contribution in [2.24, 2.45) is 0 Å². The zero-order valence-electron chi connectivity index (χ0n) is 23.3.